The molecule has 1 aliphatic heterocycles. The lowest BCUT2D eigenvalue weighted by Crippen LogP contribution is -2.32. The monoisotopic (exact) mass is 301 g/mol. The molecule has 0 saturated heterocycles. The number of ether oxygens (including phenoxy) is 1. The van der Waals surface area contributed by atoms with Gasteiger partial charge in [-0.3, -0.25) is 0 Å². The number of nitrogens with one attached hydrogen (secondary N) is 1. The second kappa shape index (κ2) is 6.20. The maximum atomic E-state index is 13.4. The van der Waals surface area contributed by atoms with Crippen molar-refractivity contribution in [1.82, 2.24) is 5.32 Å². The van der Waals surface area contributed by atoms with Crippen molar-refractivity contribution in [1.29, 1.82) is 0 Å². The molecule has 1 aromatic carbocycles. The van der Waals surface area contributed by atoms with Crippen LogP contribution in [0, 0.1) is 5.82 Å². The lowest BCUT2D eigenvalue weighted by atomic mass is 10.0. The predicted molar refractivity (Wildman–Crippen MR) is 74.9 cm³/mol. The van der Waals surface area contributed by atoms with Gasteiger partial charge in [-0.15, -0.1) is 0 Å². The average molecular weight is 301 g/mol. The van der Waals surface area contributed by atoms with Crippen molar-refractivity contribution in [3.8, 4) is 0 Å². The van der Waals surface area contributed by atoms with E-state index in [4.69, 9.17) is 4.74 Å². The van der Waals surface area contributed by atoms with E-state index in [0.717, 1.165) is 0 Å². The molecule has 1 N–H and O–H groups in total. The van der Waals surface area contributed by atoms with E-state index >= 15 is 0 Å². The number of fused-ring (bicyclic) bond motifs is 1. The zero-order chi connectivity index (χ0) is 14.8. The van der Waals surface area contributed by atoms with Gasteiger partial charge in [0.25, 0.3) is 0 Å². The zero-order valence-corrected chi connectivity index (χ0v) is 12.5. The summed E-state index contributed by atoms with van der Waals surface area (Å²) >= 11 is 0. The van der Waals surface area contributed by atoms with Gasteiger partial charge in [-0.05, 0) is 44.0 Å². The van der Waals surface area contributed by atoms with Gasteiger partial charge >= 0.3 is 0 Å². The van der Waals surface area contributed by atoms with Gasteiger partial charge < -0.3 is 10.1 Å². The Morgan fingerprint density at radius 1 is 1.45 bits per heavy atom. The first-order valence-corrected chi connectivity index (χ1v) is 8.42. The average Bonchev–Trinajstić information content (AvgIpc) is 2.36. The van der Waals surface area contributed by atoms with Gasteiger partial charge in [0.05, 0.1) is 23.4 Å². The summed E-state index contributed by atoms with van der Waals surface area (Å²) in [6.07, 6.45) is 0.619. The smallest absolute Gasteiger partial charge is 0.178 e. The van der Waals surface area contributed by atoms with Crippen molar-refractivity contribution in [2.45, 2.75) is 37.3 Å². The number of benzene rings is 1. The molecule has 1 heterocycles. The Hall–Kier alpha value is -0.980. The molecule has 1 atom stereocenters. The lowest BCUT2D eigenvalue weighted by molar-refractivity contribution is 0.0792. The van der Waals surface area contributed by atoms with Gasteiger partial charge in [-0.1, -0.05) is 0 Å². The van der Waals surface area contributed by atoms with Crippen LogP contribution in [0.2, 0.25) is 0 Å². The summed E-state index contributed by atoms with van der Waals surface area (Å²) in [4.78, 5) is 0.243. The Morgan fingerprint density at radius 2 is 2.20 bits per heavy atom. The first-order valence-electron chi connectivity index (χ1n) is 6.77. The van der Waals surface area contributed by atoms with Crippen LogP contribution in [0.25, 0.3) is 0 Å². The molecule has 4 nitrogen and oxygen atoms in total. The predicted octanol–water partition coefficient (Wildman–Crippen LogP) is 2.06. The van der Waals surface area contributed by atoms with Gasteiger partial charge in [0.1, 0.15) is 5.82 Å². The third-order valence-corrected chi connectivity index (χ3v) is 5.12. The maximum absolute atomic E-state index is 13.4. The van der Waals surface area contributed by atoms with Gasteiger partial charge in [-0.25, -0.2) is 12.8 Å². The molecule has 0 amide bonds. The van der Waals surface area contributed by atoms with Crippen molar-refractivity contribution in [2.24, 2.45) is 0 Å². The summed E-state index contributed by atoms with van der Waals surface area (Å²) in [6, 6.07) is 3.73. The largest absolute Gasteiger partial charge is 0.377 e. The third kappa shape index (κ3) is 3.56. The Labute approximate surface area is 119 Å². The van der Waals surface area contributed by atoms with Crippen LogP contribution in [0.15, 0.2) is 23.1 Å². The van der Waals surface area contributed by atoms with E-state index in [1.807, 2.05) is 13.8 Å². The summed E-state index contributed by atoms with van der Waals surface area (Å²) in [5, 5.41) is 3.24. The van der Waals surface area contributed by atoms with Crippen LogP contribution in [0.4, 0.5) is 4.39 Å². The molecule has 20 heavy (non-hydrogen) atoms. The summed E-state index contributed by atoms with van der Waals surface area (Å²) in [6.45, 7) is 5.07. The summed E-state index contributed by atoms with van der Waals surface area (Å²) < 4.78 is 42.7. The summed E-state index contributed by atoms with van der Waals surface area (Å²) in [7, 11) is -3.27. The molecule has 1 aliphatic rings. The van der Waals surface area contributed by atoms with Crippen LogP contribution in [0.1, 0.15) is 31.9 Å². The minimum Gasteiger partial charge on any atom is -0.377 e. The Kier molecular flexibility index (Phi) is 4.78. The maximum Gasteiger partial charge on any atom is 0.178 e. The molecule has 0 spiro atoms. The first-order chi connectivity index (χ1) is 9.40. The molecule has 6 heteroatoms. The molecule has 0 saturated carbocycles. The van der Waals surface area contributed by atoms with Crippen LogP contribution in [-0.2, 0) is 14.6 Å². The van der Waals surface area contributed by atoms with Crippen LogP contribution in [0.5, 0.6) is 0 Å². The van der Waals surface area contributed by atoms with E-state index in [9.17, 15) is 12.8 Å². The third-order valence-electron chi connectivity index (χ3n) is 3.30. The molecular weight excluding hydrogens is 281 g/mol. The summed E-state index contributed by atoms with van der Waals surface area (Å²) in [5.41, 5.74) is 0.529. The first kappa shape index (κ1) is 15.4. The van der Waals surface area contributed by atoms with E-state index in [2.05, 4.69) is 5.32 Å². The SMILES string of the molecule is CC(C)OCCNC1CCS(=O)(=O)c2ccc(F)cc21. The van der Waals surface area contributed by atoms with Crippen molar-refractivity contribution < 1.29 is 17.5 Å². The molecule has 1 aromatic rings. The second-order valence-electron chi connectivity index (χ2n) is 5.22. The van der Waals surface area contributed by atoms with E-state index in [1.54, 1.807) is 0 Å². The van der Waals surface area contributed by atoms with E-state index in [-0.39, 0.29) is 22.8 Å². The molecular formula is C14H20FNO3S. The fraction of sp³-hybridized carbons (Fsp3) is 0.571. The Morgan fingerprint density at radius 3 is 2.90 bits per heavy atom. The van der Waals surface area contributed by atoms with Gasteiger partial charge in [0.2, 0.25) is 0 Å². The van der Waals surface area contributed by atoms with Crippen LogP contribution < -0.4 is 5.32 Å². The van der Waals surface area contributed by atoms with E-state index in [1.165, 1.54) is 18.2 Å². The zero-order valence-electron chi connectivity index (χ0n) is 11.7. The van der Waals surface area contributed by atoms with Crippen molar-refractivity contribution in [3.05, 3.63) is 29.6 Å². The van der Waals surface area contributed by atoms with E-state index < -0.39 is 15.7 Å². The molecule has 0 radical (unpaired) electrons. The second-order valence-corrected chi connectivity index (χ2v) is 7.29. The normalized spacial score (nSPS) is 20.9. The Balaban J connectivity index is 2.11. The highest BCUT2D eigenvalue weighted by Gasteiger charge is 2.30. The van der Waals surface area contributed by atoms with Crippen molar-refractivity contribution in [3.63, 3.8) is 0 Å². The number of hydrogen-bond donors (Lipinski definition) is 1. The lowest BCUT2D eigenvalue weighted by Gasteiger charge is -2.26. The molecule has 2 rings (SSSR count). The topological polar surface area (TPSA) is 55.4 Å². The van der Waals surface area contributed by atoms with Gasteiger partial charge in [-0.2, -0.15) is 0 Å². The van der Waals surface area contributed by atoms with E-state index in [0.29, 0.717) is 25.1 Å². The number of hydrogen-bond acceptors (Lipinski definition) is 4. The Bertz CT molecular complexity index is 572. The highest BCUT2D eigenvalue weighted by molar-refractivity contribution is 7.91. The van der Waals surface area contributed by atoms with Crippen LogP contribution in [0.3, 0.4) is 0 Å². The molecule has 0 aliphatic carbocycles. The molecule has 112 valence electrons. The standard InChI is InChI=1S/C14H20FNO3S/c1-10(2)19-7-6-16-13-5-8-20(17,18)14-4-3-11(15)9-12(13)14/h3-4,9-10,13,16H,5-8H2,1-2H3. The number of halogens is 1. The van der Waals surface area contributed by atoms with Gasteiger partial charge in [0.15, 0.2) is 9.84 Å². The number of sulfone groups is 1. The molecule has 0 aromatic heterocycles. The number of rotatable bonds is 5. The fourth-order valence-electron chi connectivity index (χ4n) is 2.35. The van der Waals surface area contributed by atoms with Crippen molar-refractivity contribution >= 4 is 9.84 Å². The molecule has 0 bridgehead atoms. The highest BCUT2D eigenvalue weighted by atomic mass is 32.2. The van der Waals surface area contributed by atoms with Crippen LogP contribution in [-0.4, -0.2) is 33.4 Å². The highest BCUT2D eigenvalue weighted by Crippen LogP contribution is 2.32. The molecule has 1 unspecified atom stereocenters. The van der Waals surface area contributed by atoms with Crippen molar-refractivity contribution in [2.75, 3.05) is 18.9 Å². The minimum absolute atomic E-state index is 0.0916. The minimum atomic E-state index is -3.27. The molecule has 0 fully saturated rings. The fourth-order valence-corrected chi connectivity index (χ4v) is 3.95. The van der Waals surface area contributed by atoms with Crippen LogP contribution >= 0.6 is 0 Å². The quantitative estimate of drug-likeness (QED) is 0.668. The summed E-state index contributed by atoms with van der Waals surface area (Å²) in [5.74, 6) is -0.319. The van der Waals surface area contributed by atoms with Gasteiger partial charge in [0, 0.05) is 12.6 Å².